The van der Waals surface area contributed by atoms with Crippen molar-refractivity contribution in [3.8, 4) is 5.75 Å². The van der Waals surface area contributed by atoms with Crippen LogP contribution in [0.5, 0.6) is 5.75 Å². The molecule has 0 aromatic heterocycles. The van der Waals surface area contributed by atoms with Crippen LogP contribution in [-0.2, 0) is 9.59 Å². The lowest BCUT2D eigenvalue weighted by Gasteiger charge is -2.25. The number of anilines is 1. The highest BCUT2D eigenvalue weighted by atomic mass is 16.5. The zero-order chi connectivity index (χ0) is 15.0. The Balaban J connectivity index is 1.85. The first-order chi connectivity index (χ1) is 10.1. The van der Waals surface area contributed by atoms with E-state index in [-0.39, 0.29) is 23.7 Å². The molecule has 1 aromatic carbocycles. The summed E-state index contributed by atoms with van der Waals surface area (Å²) in [5.74, 6) is 1.00. The molecule has 1 saturated carbocycles. The molecule has 2 aliphatic rings. The average molecular weight is 287 g/mol. The summed E-state index contributed by atoms with van der Waals surface area (Å²) in [6, 6.07) is 7.21. The zero-order valence-corrected chi connectivity index (χ0v) is 12.5. The number of amides is 2. The molecule has 1 aliphatic heterocycles. The fourth-order valence-electron chi connectivity index (χ4n) is 3.50. The molecule has 0 radical (unpaired) electrons. The van der Waals surface area contributed by atoms with Gasteiger partial charge in [-0.2, -0.15) is 0 Å². The van der Waals surface area contributed by atoms with E-state index in [1.54, 1.807) is 12.1 Å². The van der Waals surface area contributed by atoms with Gasteiger partial charge in [0.25, 0.3) is 0 Å². The molecule has 3 atom stereocenters. The van der Waals surface area contributed by atoms with Gasteiger partial charge in [0, 0.05) is 0 Å². The van der Waals surface area contributed by atoms with Crippen molar-refractivity contribution in [2.45, 2.75) is 33.1 Å². The standard InChI is InChI=1S/C17H21NO3/c1-3-21-13-7-5-12(6-8-13)18-16(19)14-9-4-11(2)10-15(14)17(18)20/h5-8,11,14-15H,3-4,9-10H2,1-2H3. The fourth-order valence-corrected chi connectivity index (χ4v) is 3.50. The molecule has 112 valence electrons. The third-order valence-electron chi connectivity index (χ3n) is 4.59. The van der Waals surface area contributed by atoms with Crippen molar-refractivity contribution in [3.63, 3.8) is 0 Å². The summed E-state index contributed by atoms with van der Waals surface area (Å²) in [6.07, 6.45) is 2.71. The lowest BCUT2D eigenvalue weighted by Crippen LogP contribution is -2.30. The summed E-state index contributed by atoms with van der Waals surface area (Å²) in [5, 5.41) is 0. The molecule has 4 nitrogen and oxygen atoms in total. The minimum atomic E-state index is -0.118. The number of carbonyl (C=O) groups excluding carboxylic acids is 2. The second-order valence-corrected chi connectivity index (χ2v) is 6.07. The number of benzene rings is 1. The van der Waals surface area contributed by atoms with Gasteiger partial charge in [-0.25, -0.2) is 0 Å². The number of hydrogen-bond acceptors (Lipinski definition) is 3. The largest absolute Gasteiger partial charge is 0.494 e. The third-order valence-corrected chi connectivity index (χ3v) is 4.59. The molecule has 21 heavy (non-hydrogen) atoms. The fraction of sp³-hybridized carbons (Fsp3) is 0.529. The van der Waals surface area contributed by atoms with Crippen LogP contribution in [0.15, 0.2) is 24.3 Å². The van der Waals surface area contributed by atoms with Gasteiger partial charge in [-0.3, -0.25) is 14.5 Å². The van der Waals surface area contributed by atoms with E-state index in [2.05, 4.69) is 6.92 Å². The Morgan fingerprint density at radius 1 is 1.10 bits per heavy atom. The summed E-state index contributed by atoms with van der Waals surface area (Å²) >= 11 is 0. The molecular weight excluding hydrogens is 266 g/mol. The average Bonchev–Trinajstić information content (AvgIpc) is 2.72. The number of imide groups is 1. The van der Waals surface area contributed by atoms with Crippen molar-refractivity contribution >= 4 is 17.5 Å². The lowest BCUT2D eigenvalue weighted by molar-refractivity contribution is -0.122. The van der Waals surface area contributed by atoms with Crippen molar-refractivity contribution in [1.29, 1.82) is 0 Å². The first-order valence-electron chi connectivity index (χ1n) is 7.72. The number of fused-ring (bicyclic) bond motifs is 1. The van der Waals surface area contributed by atoms with Crippen LogP contribution < -0.4 is 9.64 Å². The number of hydrogen-bond donors (Lipinski definition) is 0. The van der Waals surface area contributed by atoms with E-state index in [1.165, 1.54) is 4.90 Å². The molecule has 1 aromatic rings. The summed E-state index contributed by atoms with van der Waals surface area (Å²) in [5.41, 5.74) is 0.663. The Bertz CT molecular complexity index is 552. The van der Waals surface area contributed by atoms with Crippen molar-refractivity contribution < 1.29 is 14.3 Å². The van der Waals surface area contributed by atoms with E-state index in [4.69, 9.17) is 4.74 Å². The molecule has 0 bridgehead atoms. The molecule has 1 heterocycles. The van der Waals surface area contributed by atoms with Gasteiger partial charge in [-0.15, -0.1) is 0 Å². The minimum absolute atomic E-state index is 0.0268. The summed E-state index contributed by atoms with van der Waals surface area (Å²) in [7, 11) is 0. The molecule has 1 aliphatic carbocycles. The first-order valence-corrected chi connectivity index (χ1v) is 7.72. The summed E-state index contributed by atoms with van der Waals surface area (Å²) in [6.45, 7) is 4.68. The van der Waals surface area contributed by atoms with Crippen LogP contribution in [0.4, 0.5) is 5.69 Å². The number of ether oxygens (including phenoxy) is 1. The van der Waals surface area contributed by atoms with E-state index in [1.807, 2.05) is 19.1 Å². The Morgan fingerprint density at radius 3 is 2.43 bits per heavy atom. The van der Waals surface area contributed by atoms with E-state index >= 15 is 0 Å². The maximum absolute atomic E-state index is 12.6. The lowest BCUT2D eigenvalue weighted by atomic mass is 9.76. The van der Waals surface area contributed by atoms with Gasteiger partial charge >= 0.3 is 0 Å². The molecule has 0 N–H and O–H groups in total. The predicted octanol–water partition coefficient (Wildman–Crippen LogP) is 3.01. The second kappa shape index (κ2) is 5.51. The van der Waals surface area contributed by atoms with Gasteiger partial charge < -0.3 is 4.74 Å². The molecular formula is C17H21NO3. The van der Waals surface area contributed by atoms with Crippen LogP contribution in [0.2, 0.25) is 0 Å². The maximum Gasteiger partial charge on any atom is 0.237 e. The summed E-state index contributed by atoms with van der Waals surface area (Å²) < 4.78 is 5.40. The highest BCUT2D eigenvalue weighted by Crippen LogP contribution is 2.42. The highest BCUT2D eigenvalue weighted by molar-refractivity contribution is 6.22. The monoisotopic (exact) mass is 287 g/mol. The molecule has 3 rings (SSSR count). The predicted molar refractivity (Wildman–Crippen MR) is 80.1 cm³/mol. The van der Waals surface area contributed by atoms with Crippen LogP contribution >= 0.6 is 0 Å². The van der Waals surface area contributed by atoms with E-state index in [0.717, 1.165) is 25.0 Å². The van der Waals surface area contributed by atoms with Gasteiger partial charge in [0.05, 0.1) is 24.1 Å². The SMILES string of the molecule is CCOc1ccc(N2C(=O)C3CCC(C)CC3C2=O)cc1. The molecule has 2 fully saturated rings. The van der Waals surface area contributed by atoms with Gasteiger partial charge in [0.2, 0.25) is 11.8 Å². The van der Waals surface area contributed by atoms with Crippen molar-refractivity contribution in [2.24, 2.45) is 17.8 Å². The Labute approximate surface area is 125 Å². The van der Waals surface area contributed by atoms with Crippen LogP contribution in [0.1, 0.15) is 33.1 Å². The van der Waals surface area contributed by atoms with Crippen LogP contribution in [0.25, 0.3) is 0 Å². The van der Waals surface area contributed by atoms with Gasteiger partial charge in [-0.05, 0) is 56.4 Å². The van der Waals surface area contributed by atoms with Crippen molar-refractivity contribution in [2.75, 3.05) is 11.5 Å². The normalized spacial score (nSPS) is 28.7. The Kier molecular flexibility index (Phi) is 3.70. The van der Waals surface area contributed by atoms with Gasteiger partial charge in [0.1, 0.15) is 5.75 Å². The van der Waals surface area contributed by atoms with Gasteiger partial charge in [0.15, 0.2) is 0 Å². The zero-order valence-electron chi connectivity index (χ0n) is 12.5. The van der Waals surface area contributed by atoms with Crippen LogP contribution in [-0.4, -0.2) is 18.4 Å². The van der Waals surface area contributed by atoms with Crippen LogP contribution in [0, 0.1) is 17.8 Å². The Morgan fingerprint density at radius 2 is 1.76 bits per heavy atom. The molecule has 4 heteroatoms. The minimum Gasteiger partial charge on any atom is -0.494 e. The second-order valence-electron chi connectivity index (χ2n) is 6.07. The van der Waals surface area contributed by atoms with Gasteiger partial charge in [-0.1, -0.05) is 6.92 Å². The molecule has 2 amide bonds. The van der Waals surface area contributed by atoms with E-state index < -0.39 is 0 Å². The maximum atomic E-state index is 12.6. The van der Waals surface area contributed by atoms with E-state index in [9.17, 15) is 9.59 Å². The number of carbonyl (C=O) groups is 2. The number of rotatable bonds is 3. The summed E-state index contributed by atoms with van der Waals surface area (Å²) in [4.78, 5) is 26.5. The topological polar surface area (TPSA) is 46.6 Å². The highest BCUT2D eigenvalue weighted by Gasteiger charge is 2.49. The van der Waals surface area contributed by atoms with E-state index in [0.29, 0.717) is 18.2 Å². The van der Waals surface area contributed by atoms with Crippen molar-refractivity contribution in [3.05, 3.63) is 24.3 Å². The smallest absolute Gasteiger partial charge is 0.237 e. The molecule has 0 spiro atoms. The van der Waals surface area contributed by atoms with Crippen molar-refractivity contribution in [1.82, 2.24) is 0 Å². The quantitative estimate of drug-likeness (QED) is 0.803. The Hall–Kier alpha value is -1.84. The third kappa shape index (κ3) is 2.43. The first kappa shape index (κ1) is 14.1. The molecule has 3 unspecified atom stereocenters. The van der Waals surface area contributed by atoms with Crippen LogP contribution in [0.3, 0.4) is 0 Å². The number of nitrogens with zero attached hydrogens (tertiary/aromatic N) is 1. The molecule has 1 saturated heterocycles.